The van der Waals surface area contributed by atoms with Crippen molar-refractivity contribution in [3.8, 4) is 11.5 Å². The lowest BCUT2D eigenvalue weighted by molar-refractivity contribution is -0.138. The van der Waals surface area contributed by atoms with Gasteiger partial charge in [0.1, 0.15) is 12.6 Å². The molecule has 1 unspecified atom stereocenters. The minimum Gasteiger partial charge on any atom is -0.493 e. The first-order valence-electron chi connectivity index (χ1n) is 10.7. The van der Waals surface area contributed by atoms with Crippen LogP contribution in [0.15, 0.2) is 47.3 Å². The van der Waals surface area contributed by atoms with Crippen LogP contribution >= 0.6 is 11.8 Å². The number of benzene rings is 1. The van der Waals surface area contributed by atoms with Crippen molar-refractivity contribution in [2.75, 3.05) is 31.4 Å². The average molecular weight is 459 g/mol. The van der Waals surface area contributed by atoms with Gasteiger partial charge in [-0.1, -0.05) is 49.9 Å². The van der Waals surface area contributed by atoms with E-state index in [0.717, 1.165) is 24.2 Å². The molecule has 0 saturated heterocycles. The molecule has 32 heavy (non-hydrogen) atoms. The summed E-state index contributed by atoms with van der Waals surface area (Å²) in [5.74, 6) is 2.18. The smallest absolute Gasteiger partial charge is 0.338 e. The van der Waals surface area contributed by atoms with Gasteiger partial charge in [0, 0.05) is 17.0 Å². The van der Waals surface area contributed by atoms with Crippen molar-refractivity contribution in [1.29, 1.82) is 0 Å². The van der Waals surface area contributed by atoms with Crippen LogP contribution in [0.4, 0.5) is 5.95 Å². The summed E-state index contributed by atoms with van der Waals surface area (Å²) in [7, 11) is 1.59. The second-order valence-electron chi connectivity index (χ2n) is 7.13. The predicted octanol–water partition coefficient (Wildman–Crippen LogP) is 4.60. The molecule has 0 bridgehead atoms. The van der Waals surface area contributed by atoms with Gasteiger partial charge in [-0.15, -0.1) is 5.10 Å². The number of hydrogen-bond donors (Lipinski definition) is 1. The van der Waals surface area contributed by atoms with E-state index >= 15 is 0 Å². The first kappa shape index (κ1) is 23.7. The minimum atomic E-state index is -0.590. The molecule has 8 nitrogen and oxygen atoms in total. The zero-order valence-electron chi connectivity index (χ0n) is 19.0. The zero-order chi connectivity index (χ0) is 23.1. The third-order valence-corrected chi connectivity index (χ3v) is 5.85. The van der Waals surface area contributed by atoms with Gasteiger partial charge < -0.3 is 19.5 Å². The van der Waals surface area contributed by atoms with Crippen LogP contribution in [-0.4, -0.2) is 46.8 Å². The monoisotopic (exact) mass is 458 g/mol. The van der Waals surface area contributed by atoms with E-state index in [1.165, 1.54) is 0 Å². The summed E-state index contributed by atoms with van der Waals surface area (Å²) < 4.78 is 18.6. The highest BCUT2D eigenvalue weighted by Gasteiger charge is 2.37. The Morgan fingerprint density at radius 1 is 1.38 bits per heavy atom. The normalized spacial score (nSPS) is 15.1. The molecule has 1 aliphatic heterocycles. The van der Waals surface area contributed by atoms with Crippen LogP contribution in [0.2, 0.25) is 0 Å². The van der Waals surface area contributed by atoms with E-state index in [0.29, 0.717) is 40.5 Å². The molecule has 0 saturated carbocycles. The number of para-hydroxylation sites is 1. The van der Waals surface area contributed by atoms with Gasteiger partial charge in [-0.3, -0.25) is 0 Å². The molecule has 0 spiro atoms. The quantitative estimate of drug-likeness (QED) is 0.226. The summed E-state index contributed by atoms with van der Waals surface area (Å²) in [6.07, 6.45) is 3.72. The number of allylic oxidation sites excluding steroid dienone is 1. The molecule has 0 radical (unpaired) electrons. The molecule has 172 valence electrons. The number of carbonyl (C=O) groups is 1. The summed E-state index contributed by atoms with van der Waals surface area (Å²) in [5.41, 5.74) is 1.83. The number of methoxy groups -OCH3 is 1. The summed E-state index contributed by atoms with van der Waals surface area (Å²) >= 11 is 1.60. The standard InChI is InChI=1S/C23H30N4O4S/c1-6-9-14-32-23-25-22-24-15(4)18(21(28)31-13-7-2)19(27(22)26-23)16-11-10-12-17(29-5)20(16)30-8-3/h7,10-12,19H,2,6,8-9,13-14H2,1,3-5H3,(H,24,25,26). The summed E-state index contributed by atoms with van der Waals surface area (Å²) in [4.78, 5) is 17.7. The molecule has 0 fully saturated rings. The second-order valence-corrected chi connectivity index (χ2v) is 8.19. The number of carbonyl (C=O) groups excluding carboxylic acids is 1. The van der Waals surface area contributed by atoms with Crippen molar-refractivity contribution in [2.45, 2.75) is 44.8 Å². The highest BCUT2D eigenvalue weighted by atomic mass is 32.2. The number of nitrogens with one attached hydrogen (secondary N) is 1. The van der Waals surface area contributed by atoms with E-state index in [1.54, 1.807) is 29.6 Å². The van der Waals surface area contributed by atoms with Crippen molar-refractivity contribution in [1.82, 2.24) is 14.8 Å². The number of esters is 1. The number of aromatic nitrogens is 3. The van der Waals surface area contributed by atoms with Crippen LogP contribution in [0, 0.1) is 0 Å². The molecular weight excluding hydrogens is 428 g/mol. The second kappa shape index (κ2) is 11.1. The number of anilines is 1. The SMILES string of the molecule is C=CCOC(=O)C1=C(C)Nc2nc(SCCCC)nn2C1c1cccc(OC)c1OCC. The third-order valence-electron chi connectivity index (χ3n) is 4.93. The lowest BCUT2D eigenvalue weighted by Crippen LogP contribution is -2.30. The Morgan fingerprint density at radius 3 is 2.88 bits per heavy atom. The fourth-order valence-corrected chi connectivity index (χ4v) is 4.38. The average Bonchev–Trinajstić information content (AvgIpc) is 3.19. The highest BCUT2D eigenvalue weighted by molar-refractivity contribution is 7.99. The van der Waals surface area contributed by atoms with Crippen LogP contribution in [0.3, 0.4) is 0 Å². The van der Waals surface area contributed by atoms with E-state index in [4.69, 9.17) is 19.3 Å². The van der Waals surface area contributed by atoms with Gasteiger partial charge in [-0.25, -0.2) is 9.48 Å². The molecule has 1 aromatic heterocycles. The van der Waals surface area contributed by atoms with Crippen LogP contribution in [0.1, 0.15) is 45.2 Å². The van der Waals surface area contributed by atoms with E-state index in [2.05, 4.69) is 23.8 Å². The molecule has 0 amide bonds. The Kier molecular flexibility index (Phi) is 8.21. The van der Waals surface area contributed by atoms with Crippen LogP contribution in [0.5, 0.6) is 11.5 Å². The van der Waals surface area contributed by atoms with Gasteiger partial charge in [-0.05, 0) is 26.3 Å². The van der Waals surface area contributed by atoms with Gasteiger partial charge >= 0.3 is 5.97 Å². The number of unbranched alkanes of at least 4 members (excludes halogenated alkanes) is 1. The first-order chi connectivity index (χ1) is 15.5. The topological polar surface area (TPSA) is 87.5 Å². The number of fused-ring (bicyclic) bond motifs is 1. The first-order valence-corrected chi connectivity index (χ1v) is 11.7. The predicted molar refractivity (Wildman–Crippen MR) is 125 cm³/mol. The minimum absolute atomic E-state index is 0.112. The molecule has 2 heterocycles. The van der Waals surface area contributed by atoms with E-state index in [1.807, 2.05) is 32.0 Å². The van der Waals surface area contributed by atoms with Crippen LogP contribution in [-0.2, 0) is 9.53 Å². The van der Waals surface area contributed by atoms with Gasteiger partial charge in [0.15, 0.2) is 11.5 Å². The Bertz CT molecular complexity index is 1000. The van der Waals surface area contributed by atoms with Gasteiger partial charge in [0.05, 0.1) is 19.3 Å². The number of rotatable bonds is 11. The fourth-order valence-electron chi connectivity index (χ4n) is 3.47. The van der Waals surface area contributed by atoms with Crippen LogP contribution in [0.25, 0.3) is 0 Å². The fraction of sp³-hybridized carbons (Fsp3) is 0.435. The largest absolute Gasteiger partial charge is 0.493 e. The highest BCUT2D eigenvalue weighted by Crippen LogP contribution is 2.43. The third kappa shape index (κ3) is 4.93. The summed E-state index contributed by atoms with van der Waals surface area (Å²) in [5, 5.41) is 8.60. The molecule has 1 atom stereocenters. The van der Waals surface area contributed by atoms with Crippen molar-refractivity contribution in [3.63, 3.8) is 0 Å². The van der Waals surface area contributed by atoms with Gasteiger partial charge in [0.25, 0.3) is 0 Å². The molecule has 1 aliphatic rings. The molecular formula is C23H30N4O4S. The van der Waals surface area contributed by atoms with Gasteiger partial charge in [-0.2, -0.15) is 4.98 Å². The lowest BCUT2D eigenvalue weighted by Gasteiger charge is -2.29. The molecule has 1 N–H and O–H groups in total. The summed E-state index contributed by atoms with van der Waals surface area (Å²) in [6.45, 7) is 10.1. The molecule has 3 rings (SSSR count). The molecule has 9 heteroatoms. The number of hydrogen-bond acceptors (Lipinski definition) is 8. The lowest BCUT2D eigenvalue weighted by atomic mass is 9.94. The van der Waals surface area contributed by atoms with E-state index in [9.17, 15) is 4.79 Å². The Labute approximate surface area is 193 Å². The molecule has 0 aliphatic carbocycles. The van der Waals surface area contributed by atoms with Crippen molar-refractivity contribution in [3.05, 3.63) is 47.7 Å². The van der Waals surface area contributed by atoms with Gasteiger partial charge in [0.2, 0.25) is 11.1 Å². The Morgan fingerprint density at radius 2 is 2.19 bits per heavy atom. The number of ether oxygens (including phenoxy) is 3. The summed E-state index contributed by atoms with van der Waals surface area (Å²) in [6, 6.07) is 5.02. The maximum absolute atomic E-state index is 13.1. The maximum atomic E-state index is 13.1. The van der Waals surface area contributed by atoms with E-state index < -0.39 is 12.0 Å². The van der Waals surface area contributed by atoms with Crippen LogP contribution < -0.4 is 14.8 Å². The van der Waals surface area contributed by atoms with E-state index in [-0.39, 0.29) is 6.61 Å². The molecule has 1 aromatic carbocycles. The Balaban J connectivity index is 2.14. The van der Waals surface area contributed by atoms with Crippen molar-refractivity contribution < 1.29 is 19.0 Å². The van der Waals surface area contributed by atoms with Crippen molar-refractivity contribution >= 4 is 23.7 Å². The Hall–Kier alpha value is -2.94. The number of nitrogens with zero attached hydrogens (tertiary/aromatic N) is 3. The van der Waals surface area contributed by atoms with Crippen molar-refractivity contribution in [2.24, 2.45) is 0 Å². The number of thioether (sulfide) groups is 1. The molecule has 2 aromatic rings. The zero-order valence-corrected chi connectivity index (χ0v) is 19.8. The maximum Gasteiger partial charge on any atom is 0.338 e.